The minimum absolute atomic E-state index is 0.00976. The molecule has 0 saturated carbocycles. The summed E-state index contributed by atoms with van der Waals surface area (Å²) in [5.74, 6) is 1.08. The van der Waals surface area contributed by atoms with E-state index in [2.05, 4.69) is 15.3 Å². The summed E-state index contributed by atoms with van der Waals surface area (Å²) in [6, 6.07) is 7.37. The molecule has 1 N–H and O–H groups in total. The van der Waals surface area contributed by atoms with Crippen molar-refractivity contribution in [2.24, 2.45) is 13.0 Å². The minimum atomic E-state index is -0.190. The zero-order chi connectivity index (χ0) is 19.5. The largest absolute Gasteiger partial charge is 0.469 e. The molecule has 3 aromatic heterocycles. The van der Waals surface area contributed by atoms with Crippen molar-refractivity contribution in [3.8, 4) is 0 Å². The second-order valence-electron chi connectivity index (χ2n) is 7.05. The number of rotatable bonds is 5. The Hall–Kier alpha value is -3.16. The molecule has 0 aromatic carbocycles. The van der Waals surface area contributed by atoms with Crippen LogP contribution in [0.2, 0.25) is 0 Å². The number of fused-ring (bicyclic) bond motifs is 1. The number of nitrogens with zero attached hydrogens (tertiary/aromatic N) is 4. The van der Waals surface area contributed by atoms with Crippen molar-refractivity contribution in [2.75, 3.05) is 24.5 Å². The van der Waals surface area contributed by atoms with Gasteiger partial charge in [0.2, 0.25) is 5.91 Å². The summed E-state index contributed by atoms with van der Waals surface area (Å²) >= 11 is 0. The van der Waals surface area contributed by atoms with E-state index in [0.29, 0.717) is 43.0 Å². The van der Waals surface area contributed by atoms with Crippen molar-refractivity contribution >= 4 is 22.9 Å². The summed E-state index contributed by atoms with van der Waals surface area (Å²) in [5.41, 5.74) is 1.04. The van der Waals surface area contributed by atoms with Crippen LogP contribution in [0.3, 0.4) is 0 Å². The zero-order valence-electron chi connectivity index (χ0n) is 15.8. The highest BCUT2D eigenvalue weighted by Crippen LogP contribution is 2.21. The molecular weight excluding hydrogens is 358 g/mol. The quantitative estimate of drug-likeness (QED) is 0.720. The normalized spacial score (nSPS) is 17.0. The van der Waals surface area contributed by atoms with Crippen LogP contribution >= 0.6 is 0 Å². The first kappa shape index (κ1) is 18.2. The van der Waals surface area contributed by atoms with E-state index in [-0.39, 0.29) is 17.4 Å². The van der Waals surface area contributed by atoms with Gasteiger partial charge in [0.05, 0.1) is 12.2 Å². The minimum Gasteiger partial charge on any atom is -0.469 e. The smallest absolute Gasteiger partial charge is 0.294 e. The molecule has 8 nitrogen and oxygen atoms in total. The molecular formula is C20H23N5O3. The fraction of sp³-hybridized carbons (Fsp3) is 0.400. The highest BCUT2D eigenvalue weighted by Gasteiger charge is 2.28. The predicted octanol–water partition coefficient (Wildman–Crippen LogP) is 1.50. The highest BCUT2D eigenvalue weighted by molar-refractivity contribution is 5.79. The zero-order valence-corrected chi connectivity index (χ0v) is 15.8. The van der Waals surface area contributed by atoms with E-state index in [1.165, 1.54) is 4.57 Å². The maximum atomic E-state index is 12.8. The van der Waals surface area contributed by atoms with Crippen LogP contribution in [0.25, 0.3) is 11.2 Å². The predicted molar refractivity (Wildman–Crippen MR) is 105 cm³/mol. The number of nitrogens with one attached hydrogen (secondary N) is 1. The Kier molecular flexibility index (Phi) is 5.10. The fourth-order valence-corrected chi connectivity index (χ4v) is 3.64. The lowest BCUT2D eigenvalue weighted by Gasteiger charge is -2.32. The van der Waals surface area contributed by atoms with Gasteiger partial charge in [-0.3, -0.25) is 14.2 Å². The van der Waals surface area contributed by atoms with Crippen molar-refractivity contribution in [2.45, 2.75) is 19.3 Å². The van der Waals surface area contributed by atoms with E-state index in [1.54, 1.807) is 25.6 Å². The number of amides is 1. The van der Waals surface area contributed by atoms with Gasteiger partial charge in [-0.25, -0.2) is 9.97 Å². The van der Waals surface area contributed by atoms with E-state index in [1.807, 2.05) is 23.1 Å². The maximum absolute atomic E-state index is 12.8. The van der Waals surface area contributed by atoms with Crippen LogP contribution in [-0.4, -0.2) is 40.1 Å². The number of hydrogen-bond donors (Lipinski definition) is 1. The van der Waals surface area contributed by atoms with E-state index in [4.69, 9.17) is 4.42 Å². The van der Waals surface area contributed by atoms with Gasteiger partial charge < -0.3 is 14.6 Å². The molecule has 1 saturated heterocycles. The first-order chi connectivity index (χ1) is 13.6. The van der Waals surface area contributed by atoms with Gasteiger partial charge in [0, 0.05) is 39.3 Å². The van der Waals surface area contributed by atoms with Crippen LogP contribution in [0.1, 0.15) is 18.6 Å². The highest BCUT2D eigenvalue weighted by atomic mass is 16.3. The Morgan fingerprint density at radius 2 is 2.25 bits per heavy atom. The molecule has 1 atom stereocenters. The number of hydrogen-bond acceptors (Lipinski definition) is 6. The number of carbonyl (C=O) groups excluding carboxylic acids is 1. The first-order valence-corrected chi connectivity index (χ1v) is 9.50. The third kappa shape index (κ3) is 3.62. The van der Waals surface area contributed by atoms with Gasteiger partial charge in [-0.15, -0.1) is 0 Å². The second kappa shape index (κ2) is 7.84. The van der Waals surface area contributed by atoms with E-state index in [0.717, 1.165) is 18.6 Å². The third-order valence-corrected chi connectivity index (χ3v) is 5.15. The molecule has 1 fully saturated rings. The van der Waals surface area contributed by atoms with Crippen LogP contribution in [-0.2, 0) is 18.3 Å². The number of piperidine rings is 1. The first-order valence-electron chi connectivity index (χ1n) is 9.50. The average molecular weight is 381 g/mol. The summed E-state index contributed by atoms with van der Waals surface area (Å²) in [5, 5.41) is 2.98. The van der Waals surface area contributed by atoms with Crippen molar-refractivity contribution in [3.63, 3.8) is 0 Å². The molecule has 0 aliphatic carbocycles. The standard InChI is InChI=1S/C20H23N5O3/c1-24-17-16(7-2-9-21-17)23-18(20(24)27)25-11-3-5-14(13-25)19(26)22-10-8-15-6-4-12-28-15/h2,4,6-7,9,12,14H,3,5,8,10-11,13H2,1H3,(H,22,26)/t14-/m0/s1. The summed E-state index contributed by atoms with van der Waals surface area (Å²) < 4.78 is 6.80. The van der Waals surface area contributed by atoms with Crippen molar-refractivity contribution < 1.29 is 9.21 Å². The average Bonchev–Trinajstić information content (AvgIpc) is 3.24. The van der Waals surface area contributed by atoms with Gasteiger partial charge in [-0.2, -0.15) is 0 Å². The summed E-state index contributed by atoms with van der Waals surface area (Å²) in [4.78, 5) is 36.1. The van der Waals surface area contributed by atoms with Gasteiger partial charge in [-0.1, -0.05) is 0 Å². The third-order valence-electron chi connectivity index (χ3n) is 5.15. The number of aryl methyl sites for hydroxylation is 1. The van der Waals surface area contributed by atoms with Gasteiger partial charge in [-0.05, 0) is 37.1 Å². The lowest BCUT2D eigenvalue weighted by Crippen LogP contribution is -2.45. The lowest BCUT2D eigenvalue weighted by molar-refractivity contribution is -0.125. The molecule has 0 bridgehead atoms. The van der Waals surface area contributed by atoms with Crippen molar-refractivity contribution in [3.05, 3.63) is 52.8 Å². The summed E-state index contributed by atoms with van der Waals surface area (Å²) in [7, 11) is 1.70. The molecule has 1 aliphatic heterocycles. The second-order valence-corrected chi connectivity index (χ2v) is 7.05. The number of furan rings is 1. The van der Waals surface area contributed by atoms with Gasteiger partial charge >= 0.3 is 0 Å². The Balaban J connectivity index is 1.46. The molecule has 8 heteroatoms. The van der Waals surface area contributed by atoms with Crippen LogP contribution in [0.15, 0.2) is 45.9 Å². The molecule has 0 radical (unpaired) electrons. The van der Waals surface area contributed by atoms with Gasteiger partial charge in [0.15, 0.2) is 11.5 Å². The van der Waals surface area contributed by atoms with Crippen LogP contribution < -0.4 is 15.8 Å². The van der Waals surface area contributed by atoms with Crippen molar-refractivity contribution in [1.29, 1.82) is 0 Å². The molecule has 0 unspecified atom stereocenters. The summed E-state index contributed by atoms with van der Waals surface area (Å²) in [6.45, 7) is 1.73. The number of carbonyl (C=O) groups is 1. The Morgan fingerprint density at radius 3 is 3.07 bits per heavy atom. The molecule has 28 heavy (non-hydrogen) atoms. The Labute approximate surface area is 162 Å². The van der Waals surface area contributed by atoms with Crippen molar-refractivity contribution in [1.82, 2.24) is 19.9 Å². The van der Waals surface area contributed by atoms with Crippen LogP contribution in [0, 0.1) is 5.92 Å². The summed E-state index contributed by atoms with van der Waals surface area (Å²) in [6.07, 6.45) is 5.58. The number of aromatic nitrogens is 3. The monoisotopic (exact) mass is 381 g/mol. The molecule has 0 spiro atoms. The maximum Gasteiger partial charge on any atom is 0.294 e. The topological polar surface area (TPSA) is 93.3 Å². The Bertz CT molecular complexity index is 1030. The molecule has 146 valence electrons. The lowest BCUT2D eigenvalue weighted by atomic mass is 9.97. The van der Waals surface area contributed by atoms with Crippen LogP contribution in [0.4, 0.5) is 5.82 Å². The van der Waals surface area contributed by atoms with E-state index < -0.39 is 0 Å². The number of anilines is 1. The molecule has 1 aliphatic rings. The van der Waals surface area contributed by atoms with E-state index >= 15 is 0 Å². The SMILES string of the molecule is Cn1c(=O)c(N2CCC[C@H](C(=O)NCCc3ccco3)C2)nc2cccnc21. The van der Waals surface area contributed by atoms with Gasteiger partial charge in [0.25, 0.3) is 5.56 Å². The van der Waals surface area contributed by atoms with E-state index in [9.17, 15) is 9.59 Å². The number of pyridine rings is 1. The fourth-order valence-electron chi connectivity index (χ4n) is 3.64. The molecule has 4 heterocycles. The molecule has 1 amide bonds. The van der Waals surface area contributed by atoms with Gasteiger partial charge in [0.1, 0.15) is 11.3 Å². The molecule has 3 aromatic rings. The molecule has 4 rings (SSSR count). The van der Waals surface area contributed by atoms with Crippen LogP contribution in [0.5, 0.6) is 0 Å². The Morgan fingerprint density at radius 1 is 1.36 bits per heavy atom.